The van der Waals surface area contributed by atoms with Crippen molar-refractivity contribution in [3.8, 4) is 5.82 Å². The molecule has 3 heterocycles. The predicted octanol–water partition coefficient (Wildman–Crippen LogP) is 1.07. The van der Waals surface area contributed by atoms with Crippen molar-refractivity contribution in [1.29, 1.82) is 0 Å². The Morgan fingerprint density at radius 1 is 1.39 bits per heavy atom. The van der Waals surface area contributed by atoms with E-state index in [9.17, 15) is 4.39 Å². The Morgan fingerprint density at radius 3 is 3.06 bits per heavy atom. The van der Waals surface area contributed by atoms with E-state index < -0.39 is 0 Å². The molecule has 5 nitrogen and oxygen atoms in total. The van der Waals surface area contributed by atoms with E-state index in [1.165, 1.54) is 12.3 Å². The van der Waals surface area contributed by atoms with Crippen molar-refractivity contribution in [2.45, 2.75) is 6.10 Å². The van der Waals surface area contributed by atoms with E-state index in [2.05, 4.69) is 15.3 Å². The number of hydrogen-bond donors (Lipinski definition) is 1. The number of hydrogen-bond acceptors (Lipinski definition) is 4. The van der Waals surface area contributed by atoms with Crippen LogP contribution < -0.4 is 5.32 Å². The van der Waals surface area contributed by atoms with Gasteiger partial charge >= 0.3 is 0 Å². The first-order chi connectivity index (χ1) is 8.84. The van der Waals surface area contributed by atoms with Crippen molar-refractivity contribution in [1.82, 2.24) is 19.9 Å². The van der Waals surface area contributed by atoms with Crippen molar-refractivity contribution in [2.75, 3.05) is 19.7 Å². The highest BCUT2D eigenvalue weighted by Crippen LogP contribution is 2.20. The van der Waals surface area contributed by atoms with Gasteiger partial charge in [-0.1, -0.05) is 0 Å². The second-order valence-corrected chi connectivity index (χ2v) is 4.09. The summed E-state index contributed by atoms with van der Waals surface area (Å²) in [5.74, 6) is 0.286. The van der Waals surface area contributed by atoms with Crippen LogP contribution in [0, 0.1) is 5.82 Å². The summed E-state index contributed by atoms with van der Waals surface area (Å²) in [6, 6.07) is 3.00. The Labute approximate surface area is 104 Å². The molecule has 0 aliphatic carbocycles. The van der Waals surface area contributed by atoms with Crippen LogP contribution in [0.2, 0.25) is 0 Å². The van der Waals surface area contributed by atoms with Gasteiger partial charge in [-0.05, 0) is 12.1 Å². The van der Waals surface area contributed by atoms with Gasteiger partial charge in [0.1, 0.15) is 24.1 Å². The lowest BCUT2D eigenvalue weighted by atomic mass is 10.2. The average molecular weight is 248 g/mol. The summed E-state index contributed by atoms with van der Waals surface area (Å²) in [6.07, 6.45) is 4.56. The SMILES string of the molecule is Fc1ccc(-n2cncc2C2CNCCO2)nc1. The molecule has 1 N–H and O–H groups in total. The Balaban J connectivity index is 1.93. The zero-order valence-corrected chi connectivity index (χ0v) is 9.71. The van der Waals surface area contributed by atoms with Crippen LogP contribution in [0.1, 0.15) is 11.8 Å². The van der Waals surface area contributed by atoms with E-state index in [0.717, 1.165) is 18.8 Å². The summed E-state index contributed by atoms with van der Waals surface area (Å²) in [5, 5.41) is 3.26. The summed E-state index contributed by atoms with van der Waals surface area (Å²) >= 11 is 0. The first-order valence-corrected chi connectivity index (χ1v) is 5.81. The summed E-state index contributed by atoms with van der Waals surface area (Å²) in [4.78, 5) is 8.17. The van der Waals surface area contributed by atoms with E-state index >= 15 is 0 Å². The van der Waals surface area contributed by atoms with Gasteiger partial charge in [0.05, 0.1) is 24.7 Å². The maximum atomic E-state index is 12.9. The first-order valence-electron chi connectivity index (χ1n) is 5.81. The minimum Gasteiger partial charge on any atom is -0.369 e. The molecule has 3 rings (SSSR count). The molecule has 0 radical (unpaired) electrons. The lowest BCUT2D eigenvalue weighted by Gasteiger charge is -2.24. The van der Waals surface area contributed by atoms with Crippen LogP contribution in [0.25, 0.3) is 5.82 Å². The first kappa shape index (κ1) is 11.3. The minimum atomic E-state index is -0.351. The van der Waals surface area contributed by atoms with Gasteiger partial charge in [-0.25, -0.2) is 14.4 Å². The molecule has 1 unspecified atom stereocenters. The maximum Gasteiger partial charge on any atom is 0.141 e. The molecule has 0 saturated carbocycles. The maximum absolute atomic E-state index is 12.9. The van der Waals surface area contributed by atoms with Crippen LogP contribution in [0.4, 0.5) is 4.39 Å². The molecule has 0 amide bonds. The Kier molecular flexibility index (Phi) is 3.04. The highest BCUT2D eigenvalue weighted by atomic mass is 19.1. The van der Waals surface area contributed by atoms with Gasteiger partial charge in [0.25, 0.3) is 0 Å². The van der Waals surface area contributed by atoms with Crippen LogP contribution in [-0.4, -0.2) is 34.2 Å². The normalized spacial score (nSPS) is 19.9. The fraction of sp³-hybridized carbons (Fsp3) is 0.333. The average Bonchev–Trinajstić information content (AvgIpc) is 2.90. The fourth-order valence-electron chi connectivity index (χ4n) is 2.00. The van der Waals surface area contributed by atoms with Crippen molar-refractivity contribution in [3.63, 3.8) is 0 Å². The number of nitrogens with one attached hydrogen (secondary N) is 1. The van der Waals surface area contributed by atoms with Crippen LogP contribution in [-0.2, 0) is 4.74 Å². The third-order valence-electron chi connectivity index (χ3n) is 2.88. The Morgan fingerprint density at radius 2 is 2.33 bits per heavy atom. The number of pyridine rings is 1. The van der Waals surface area contributed by atoms with Crippen LogP contribution in [0.5, 0.6) is 0 Å². The summed E-state index contributed by atoms with van der Waals surface area (Å²) in [5.41, 5.74) is 0.918. The zero-order chi connectivity index (χ0) is 12.4. The van der Waals surface area contributed by atoms with E-state index in [4.69, 9.17) is 4.74 Å². The second kappa shape index (κ2) is 4.83. The van der Waals surface area contributed by atoms with Gasteiger partial charge in [0.15, 0.2) is 0 Å². The largest absolute Gasteiger partial charge is 0.369 e. The molecule has 0 spiro atoms. The van der Waals surface area contributed by atoms with E-state index in [-0.39, 0.29) is 11.9 Å². The molecule has 6 heteroatoms. The van der Waals surface area contributed by atoms with Gasteiger partial charge < -0.3 is 10.1 Å². The number of aromatic nitrogens is 3. The third-order valence-corrected chi connectivity index (χ3v) is 2.88. The molecular weight excluding hydrogens is 235 g/mol. The predicted molar refractivity (Wildman–Crippen MR) is 62.9 cm³/mol. The van der Waals surface area contributed by atoms with Crippen molar-refractivity contribution in [3.05, 3.63) is 42.4 Å². The van der Waals surface area contributed by atoms with Gasteiger partial charge in [0.2, 0.25) is 0 Å². The molecule has 1 fully saturated rings. The summed E-state index contributed by atoms with van der Waals surface area (Å²) in [6.45, 7) is 2.28. The van der Waals surface area contributed by atoms with Crippen LogP contribution >= 0.6 is 0 Å². The second-order valence-electron chi connectivity index (χ2n) is 4.09. The molecule has 1 atom stereocenters. The smallest absolute Gasteiger partial charge is 0.141 e. The molecule has 1 aliphatic rings. The van der Waals surface area contributed by atoms with Gasteiger partial charge in [-0.3, -0.25) is 4.57 Å². The van der Waals surface area contributed by atoms with Crippen molar-refractivity contribution >= 4 is 0 Å². The number of imidazole rings is 1. The lowest BCUT2D eigenvalue weighted by molar-refractivity contribution is 0.0240. The Hall–Kier alpha value is -1.79. The monoisotopic (exact) mass is 248 g/mol. The Bertz CT molecular complexity index is 519. The van der Waals surface area contributed by atoms with Crippen molar-refractivity contribution in [2.24, 2.45) is 0 Å². The molecule has 18 heavy (non-hydrogen) atoms. The minimum absolute atomic E-state index is 0.0481. The topological polar surface area (TPSA) is 52.0 Å². The number of rotatable bonds is 2. The zero-order valence-electron chi connectivity index (χ0n) is 9.71. The molecule has 1 saturated heterocycles. The van der Waals surface area contributed by atoms with Gasteiger partial charge in [-0.15, -0.1) is 0 Å². The van der Waals surface area contributed by atoms with Gasteiger partial charge in [-0.2, -0.15) is 0 Å². The van der Waals surface area contributed by atoms with Gasteiger partial charge in [0, 0.05) is 13.1 Å². The lowest BCUT2D eigenvalue weighted by Crippen LogP contribution is -2.34. The summed E-state index contributed by atoms with van der Waals surface area (Å²) in [7, 11) is 0. The third kappa shape index (κ3) is 2.12. The quantitative estimate of drug-likeness (QED) is 0.863. The van der Waals surface area contributed by atoms with Crippen LogP contribution in [0.3, 0.4) is 0 Å². The highest BCUT2D eigenvalue weighted by Gasteiger charge is 2.20. The molecule has 1 aliphatic heterocycles. The molecular formula is C12H13FN4O. The summed E-state index contributed by atoms with van der Waals surface area (Å²) < 4.78 is 20.4. The number of ether oxygens (including phenoxy) is 1. The van der Waals surface area contributed by atoms with Crippen LogP contribution in [0.15, 0.2) is 30.9 Å². The fourth-order valence-corrected chi connectivity index (χ4v) is 2.00. The number of morpholine rings is 1. The highest BCUT2D eigenvalue weighted by molar-refractivity contribution is 5.26. The molecule has 0 aromatic carbocycles. The van der Waals surface area contributed by atoms with E-state index in [0.29, 0.717) is 12.4 Å². The van der Waals surface area contributed by atoms with E-state index in [1.54, 1.807) is 18.6 Å². The molecule has 94 valence electrons. The van der Waals surface area contributed by atoms with Crippen molar-refractivity contribution < 1.29 is 9.13 Å². The number of halogens is 1. The molecule has 2 aromatic rings. The molecule has 0 bridgehead atoms. The standard InChI is InChI=1S/C12H13FN4O/c13-9-1-2-12(16-5-9)17-8-15-6-10(17)11-7-14-3-4-18-11/h1-2,5-6,8,11,14H,3-4,7H2. The van der Waals surface area contributed by atoms with E-state index in [1.807, 2.05) is 4.57 Å². The molecule has 2 aromatic heterocycles. The number of nitrogens with zero attached hydrogens (tertiary/aromatic N) is 3.